The Labute approximate surface area is 146 Å². The van der Waals surface area contributed by atoms with Crippen molar-refractivity contribution in [2.45, 2.75) is 71.8 Å². The Kier molecular flexibility index (Phi) is 4.23. The minimum absolute atomic E-state index is 0.0428. The van der Waals surface area contributed by atoms with Gasteiger partial charge in [0, 0.05) is 0 Å². The summed E-state index contributed by atoms with van der Waals surface area (Å²) >= 11 is 0. The zero-order valence-corrected chi connectivity index (χ0v) is 15.8. The third-order valence-corrected chi connectivity index (χ3v) is 7.25. The van der Waals surface area contributed by atoms with Gasteiger partial charge in [-0.2, -0.15) is 0 Å². The summed E-state index contributed by atoms with van der Waals surface area (Å²) in [5.74, 6) is 0.794. The van der Waals surface area contributed by atoms with Crippen LogP contribution in [0.15, 0.2) is 23.3 Å². The van der Waals surface area contributed by atoms with Gasteiger partial charge in [-0.3, -0.25) is 4.79 Å². The number of carbonyl (C=O) groups is 1. The molecule has 0 unspecified atom stereocenters. The van der Waals surface area contributed by atoms with Gasteiger partial charge < -0.3 is 9.84 Å². The molecule has 0 spiro atoms. The summed E-state index contributed by atoms with van der Waals surface area (Å²) in [4.78, 5) is 12.5. The molecular formula is C21H32O3. The Hall–Kier alpha value is -1.09. The maximum Gasteiger partial charge on any atom is 0.311 e. The monoisotopic (exact) mass is 332 g/mol. The smallest absolute Gasteiger partial charge is 0.311 e. The van der Waals surface area contributed by atoms with Gasteiger partial charge in [-0.25, -0.2) is 0 Å². The van der Waals surface area contributed by atoms with Gasteiger partial charge in [-0.05, 0) is 81.3 Å². The molecular weight excluding hydrogens is 300 g/mol. The van der Waals surface area contributed by atoms with E-state index in [1.165, 1.54) is 19.1 Å². The lowest BCUT2D eigenvalue weighted by atomic mass is 9.47. The molecule has 24 heavy (non-hydrogen) atoms. The van der Waals surface area contributed by atoms with Gasteiger partial charge in [0.2, 0.25) is 0 Å². The fourth-order valence-corrected chi connectivity index (χ4v) is 5.83. The first-order valence-corrected chi connectivity index (χ1v) is 9.35. The summed E-state index contributed by atoms with van der Waals surface area (Å²) in [6.07, 6.45) is 10.7. The molecule has 134 valence electrons. The van der Waals surface area contributed by atoms with Crippen molar-refractivity contribution in [1.29, 1.82) is 0 Å². The number of carbonyl (C=O) groups excluding carboxylic acids is 1. The average molecular weight is 332 g/mol. The van der Waals surface area contributed by atoms with E-state index in [2.05, 4.69) is 26.0 Å². The van der Waals surface area contributed by atoms with Gasteiger partial charge in [-0.1, -0.05) is 25.5 Å². The van der Waals surface area contributed by atoms with E-state index in [-0.39, 0.29) is 16.8 Å². The molecule has 0 aliphatic heterocycles. The van der Waals surface area contributed by atoms with Crippen LogP contribution in [-0.2, 0) is 9.53 Å². The SMILES string of the molecule is COC(=O)[C@]1(C)CCC[C@@]2(C)[C@H]1CC=C1C=C(C(C)(C)O)CC[C@@H]12. The van der Waals surface area contributed by atoms with Crippen molar-refractivity contribution in [2.75, 3.05) is 7.11 Å². The number of hydrogen-bond acceptors (Lipinski definition) is 3. The molecule has 0 radical (unpaired) electrons. The third kappa shape index (κ3) is 2.56. The van der Waals surface area contributed by atoms with Crippen LogP contribution in [0.5, 0.6) is 0 Å². The summed E-state index contributed by atoms with van der Waals surface area (Å²) in [5.41, 5.74) is 1.55. The first kappa shape index (κ1) is 17.7. The lowest BCUT2D eigenvalue weighted by Crippen LogP contribution is -2.53. The molecule has 0 heterocycles. The van der Waals surface area contributed by atoms with Gasteiger partial charge >= 0.3 is 5.97 Å². The minimum Gasteiger partial charge on any atom is -0.469 e. The van der Waals surface area contributed by atoms with E-state index < -0.39 is 5.60 Å². The summed E-state index contributed by atoms with van der Waals surface area (Å²) in [7, 11) is 1.52. The minimum atomic E-state index is -0.739. The molecule has 0 bridgehead atoms. The van der Waals surface area contributed by atoms with Crippen molar-refractivity contribution in [1.82, 2.24) is 0 Å². The second-order valence-corrected chi connectivity index (χ2v) is 9.08. The van der Waals surface area contributed by atoms with E-state index >= 15 is 0 Å². The molecule has 1 saturated carbocycles. The van der Waals surface area contributed by atoms with Crippen molar-refractivity contribution >= 4 is 5.97 Å². The van der Waals surface area contributed by atoms with Crippen molar-refractivity contribution in [3.8, 4) is 0 Å². The van der Waals surface area contributed by atoms with Crippen LogP contribution in [-0.4, -0.2) is 23.8 Å². The van der Waals surface area contributed by atoms with E-state index in [0.29, 0.717) is 11.8 Å². The van der Waals surface area contributed by atoms with Gasteiger partial charge in [-0.15, -0.1) is 0 Å². The Morgan fingerprint density at radius 2 is 2.04 bits per heavy atom. The fraction of sp³-hybridized carbons (Fsp3) is 0.762. The number of hydrogen-bond donors (Lipinski definition) is 1. The van der Waals surface area contributed by atoms with Crippen molar-refractivity contribution < 1.29 is 14.6 Å². The molecule has 0 aromatic carbocycles. The van der Waals surface area contributed by atoms with Gasteiger partial charge in [0.1, 0.15) is 0 Å². The molecule has 3 heteroatoms. The second-order valence-electron chi connectivity index (χ2n) is 9.08. The molecule has 3 rings (SSSR count). The van der Waals surface area contributed by atoms with Crippen LogP contribution in [0.4, 0.5) is 0 Å². The normalized spacial score (nSPS) is 39.2. The Morgan fingerprint density at radius 3 is 2.67 bits per heavy atom. The van der Waals surface area contributed by atoms with Gasteiger partial charge in [0.25, 0.3) is 0 Å². The lowest BCUT2D eigenvalue weighted by molar-refractivity contribution is -0.166. The molecule has 0 amide bonds. The van der Waals surface area contributed by atoms with Crippen LogP contribution in [0.3, 0.4) is 0 Å². The number of methoxy groups -OCH3 is 1. The maximum absolute atomic E-state index is 12.5. The standard InChI is InChI=1S/C21H32O3/c1-19(2,23)15-8-9-16-14(13-15)7-10-17-20(16,3)11-6-12-21(17,4)18(22)24-5/h7,13,16-17,23H,6,8-12H2,1-5H3/t16-,17+,20+,21+/m0/s1. The molecule has 0 saturated heterocycles. The highest BCUT2D eigenvalue weighted by molar-refractivity contribution is 5.77. The van der Waals surface area contributed by atoms with Gasteiger partial charge in [0.15, 0.2) is 0 Å². The molecule has 1 N–H and O–H groups in total. The number of esters is 1. The third-order valence-electron chi connectivity index (χ3n) is 7.25. The highest BCUT2D eigenvalue weighted by Crippen LogP contribution is 2.62. The summed E-state index contributed by atoms with van der Waals surface area (Å²) in [6, 6.07) is 0. The quantitative estimate of drug-likeness (QED) is 0.762. The van der Waals surface area contributed by atoms with Crippen molar-refractivity contribution in [2.24, 2.45) is 22.7 Å². The number of rotatable bonds is 2. The molecule has 1 fully saturated rings. The Balaban J connectivity index is 1.99. The van der Waals surface area contributed by atoms with Crippen LogP contribution >= 0.6 is 0 Å². The fourth-order valence-electron chi connectivity index (χ4n) is 5.83. The summed E-state index contributed by atoms with van der Waals surface area (Å²) < 4.78 is 5.18. The molecule has 0 aromatic heterocycles. The average Bonchev–Trinajstić information content (AvgIpc) is 2.52. The van der Waals surface area contributed by atoms with Crippen molar-refractivity contribution in [3.05, 3.63) is 23.3 Å². The largest absolute Gasteiger partial charge is 0.469 e. The Bertz CT molecular complexity index is 595. The van der Waals surface area contributed by atoms with E-state index in [1.807, 2.05) is 13.8 Å². The van der Waals surface area contributed by atoms with Crippen LogP contribution in [0.1, 0.15) is 66.2 Å². The molecule has 4 atom stereocenters. The number of fused-ring (bicyclic) bond motifs is 3. The maximum atomic E-state index is 12.5. The number of aliphatic hydroxyl groups is 1. The molecule has 0 aromatic rings. The van der Waals surface area contributed by atoms with Gasteiger partial charge in [0.05, 0.1) is 18.1 Å². The van der Waals surface area contributed by atoms with Crippen molar-refractivity contribution in [3.63, 3.8) is 0 Å². The molecule has 3 nitrogen and oxygen atoms in total. The molecule has 3 aliphatic rings. The summed E-state index contributed by atoms with van der Waals surface area (Å²) in [5, 5.41) is 10.4. The highest BCUT2D eigenvalue weighted by Gasteiger charge is 2.57. The predicted molar refractivity (Wildman–Crippen MR) is 95.4 cm³/mol. The zero-order valence-electron chi connectivity index (χ0n) is 15.8. The van der Waals surface area contributed by atoms with E-state index in [0.717, 1.165) is 37.7 Å². The van der Waals surface area contributed by atoms with Crippen LogP contribution in [0, 0.1) is 22.7 Å². The zero-order chi connectivity index (χ0) is 17.8. The predicted octanol–water partition coefficient (Wildman–Crippen LogP) is 4.41. The van der Waals surface area contributed by atoms with Crippen LogP contribution in [0.2, 0.25) is 0 Å². The van der Waals surface area contributed by atoms with E-state index in [9.17, 15) is 9.90 Å². The second kappa shape index (κ2) is 5.72. The highest BCUT2D eigenvalue weighted by atomic mass is 16.5. The van der Waals surface area contributed by atoms with E-state index in [4.69, 9.17) is 4.74 Å². The number of ether oxygens (including phenoxy) is 1. The topological polar surface area (TPSA) is 46.5 Å². The van der Waals surface area contributed by atoms with Crippen LogP contribution in [0.25, 0.3) is 0 Å². The Morgan fingerprint density at radius 1 is 1.33 bits per heavy atom. The number of allylic oxidation sites excluding steroid dienone is 3. The first-order chi connectivity index (χ1) is 11.1. The molecule has 3 aliphatic carbocycles. The van der Waals surface area contributed by atoms with Crippen LogP contribution < -0.4 is 0 Å². The summed E-state index contributed by atoms with van der Waals surface area (Å²) in [6.45, 7) is 8.25. The first-order valence-electron chi connectivity index (χ1n) is 9.35. The van der Waals surface area contributed by atoms with E-state index in [1.54, 1.807) is 0 Å². The lowest BCUT2D eigenvalue weighted by Gasteiger charge is -2.57.